The third-order valence-corrected chi connectivity index (χ3v) is 3.44. The van der Waals surface area contributed by atoms with Crippen LogP contribution in [-0.4, -0.2) is 41.1 Å². The largest absolute Gasteiger partial charge is 0.368 e. The highest BCUT2D eigenvalue weighted by atomic mass is 79.9. The van der Waals surface area contributed by atoms with Gasteiger partial charge in [0.25, 0.3) is 5.91 Å². The molecule has 3 heterocycles. The maximum Gasteiger partial charge on any atom is 0.255 e. The number of amides is 1. The Bertz CT molecular complexity index is 438. The van der Waals surface area contributed by atoms with Crippen LogP contribution in [0.3, 0.4) is 0 Å². The topological polar surface area (TPSA) is 45.7 Å². The number of piperidine rings is 1. The zero-order chi connectivity index (χ0) is 11.1. The van der Waals surface area contributed by atoms with Gasteiger partial charge in [0.2, 0.25) is 0 Å². The van der Waals surface area contributed by atoms with E-state index in [1.54, 1.807) is 18.5 Å². The normalized spacial score (nSPS) is 27.4. The number of halogens is 1. The van der Waals surface area contributed by atoms with E-state index in [4.69, 9.17) is 4.74 Å². The zero-order valence-corrected chi connectivity index (χ0v) is 10.2. The summed E-state index contributed by atoms with van der Waals surface area (Å²) in [5.74, 6) is 0.0442. The molecule has 84 valence electrons. The highest BCUT2D eigenvalue weighted by Crippen LogP contribution is 2.31. The Morgan fingerprint density at radius 1 is 1.50 bits per heavy atom. The Morgan fingerprint density at radius 2 is 2.38 bits per heavy atom. The molecular formula is C11H11BrN2O2. The fourth-order valence-corrected chi connectivity index (χ4v) is 2.45. The first-order valence-electron chi connectivity index (χ1n) is 5.29. The third kappa shape index (κ3) is 1.85. The van der Waals surface area contributed by atoms with Crippen molar-refractivity contribution in [2.75, 3.05) is 13.1 Å². The summed E-state index contributed by atoms with van der Waals surface area (Å²) in [7, 11) is 0. The summed E-state index contributed by atoms with van der Waals surface area (Å²) >= 11 is 3.32. The summed E-state index contributed by atoms with van der Waals surface area (Å²) in [6, 6.07) is 1.80. The van der Waals surface area contributed by atoms with Gasteiger partial charge in [0.05, 0.1) is 11.7 Å². The summed E-state index contributed by atoms with van der Waals surface area (Å²) in [4.78, 5) is 18.0. The number of aromatic nitrogens is 1. The molecule has 0 unspecified atom stereocenters. The minimum atomic E-state index is 0.0442. The molecule has 4 nitrogen and oxygen atoms in total. The first-order chi connectivity index (χ1) is 7.74. The number of hydrogen-bond donors (Lipinski definition) is 0. The number of ether oxygens (including phenoxy) is 1. The second-order valence-corrected chi connectivity index (χ2v) is 5.06. The molecule has 0 N–H and O–H groups in total. The van der Waals surface area contributed by atoms with Crippen molar-refractivity contribution in [2.24, 2.45) is 0 Å². The number of rotatable bonds is 1. The molecule has 3 rings (SSSR count). The number of fused-ring (bicyclic) bond motifs is 1. The molecule has 16 heavy (non-hydrogen) atoms. The molecule has 2 saturated heterocycles. The Labute approximate surface area is 102 Å². The average molecular weight is 283 g/mol. The van der Waals surface area contributed by atoms with Crippen molar-refractivity contribution in [3.63, 3.8) is 0 Å². The van der Waals surface area contributed by atoms with Crippen LogP contribution >= 0.6 is 15.9 Å². The van der Waals surface area contributed by atoms with Crippen LogP contribution in [0.15, 0.2) is 22.9 Å². The molecule has 0 aromatic carbocycles. The van der Waals surface area contributed by atoms with Gasteiger partial charge in [-0.25, -0.2) is 0 Å². The molecule has 5 heteroatoms. The van der Waals surface area contributed by atoms with Gasteiger partial charge in [0.15, 0.2) is 0 Å². The summed E-state index contributed by atoms with van der Waals surface area (Å²) in [5, 5.41) is 0. The highest BCUT2D eigenvalue weighted by Gasteiger charge is 2.44. The smallest absolute Gasteiger partial charge is 0.255 e. The summed E-state index contributed by atoms with van der Waals surface area (Å²) in [6.07, 6.45) is 4.92. The van der Waals surface area contributed by atoms with Gasteiger partial charge in [-0.05, 0) is 28.4 Å². The molecule has 0 radical (unpaired) electrons. The standard InChI is InChI=1S/C11H11BrN2O2/c12-8-3-7(4-13-5-8)11(15)14-2-1-9-10(6-14)16-9/h3-5,9-10H,1-2,6H2/t9-,10+/m0/s1. The number of nitrogens with zero attached hydrogens (tertiary/aromatic N) is 2. The SMILES string of the molecule is O=C(c1cncc(Br)c1)N1CC[C@@H]2O[C@@H]2C1. The lowest BCUT2D eigenvalue weighted by Crippen LogP contribution is -2.39. The van der Waals surface area contributed by atoms with Gasteiger partial charge >= 0.3 is 0 Å². The van der Waals surface area contributed by atoms with Gasteiger partial charge < -0.3 is 9.64 Å². The van der Waals surface area contributed by atoms with Crippen molar-refractivity contribution in [1.29, 1.82) is 0 Å². The Morgan fingerprint density at radius 3 is 3.12 bits per heavy atom. The van der Waals surface area contributed by atoms with Gasteiger partial charge in [-0.2, -0.15) is 0 Å². The van der Waals surface area contributed by atoms with Crippen LogP contribution in [0.25, 0.3) is 0 Å². The Hall–Kier alpha value is -0.940. The maximum absolute atomic E-state index is 12.1. The van der Waals surface area contributed by atoms with E-state index in [9.17, 15) is 4.79 Å². The van der Waals surface area contributed by atoms with Crippen molar-refractivity contribution in [3.8, 4) is 0 Å². The zero-order valence-electron chi connectivity index (χ0n) is 8.60. The molecule has 0 bridgehead atoms. The fourth-order valence-electron chi connectivity index (χ4n) is 2.08. The minimum Gasteiger partial charge on any atom is -0.368 e. The van der Waals surface area contributed by atoms with Gasteiger partial charge in [0, 0.05) is 30.0 Å². The van der Waals surface area contributed by atoms with E-state index >= 15 is 0 Å². The first kappa shape index (κ1) is 10.2. The quantitative estimate of drug-likeness (QED) is 0.733. The van der Waals surface area contributed by atoms with Crippen molar-refractivity contribution in [3.05, 3.63) is 28.5 Å². The molecule has 2 aliphatic heterocycles. The fraction of sp³-hybridized carbons (Fsp3) is 0.455. The number of epoxide rings is 1. The van der Waals surface area contributed by atoms with Gasteiger partial charge in [-0.1, -0.05) is 0 Å². The molecule has 1 aromatic heterocycles. The van der Waals surface area contributed by atoms with Crippen molar-refractivity contribution in [1.82, 2.24) is 9.88 Å². The van der Waals surface area contributed by atoms with E-state index < -0.39 is 0 Å². The lowest BCUT2D eigenvalue weighted by molar-refractivity contribution is 0.0736. The molecule has 2 aliphatic rings. The number of pyridine rings is 1. The second-order valence-electron chi connectivity index (χ2n) is 4.14. The van der Waals surface area contributed by atoms with Crippen LogP contribution in [0.4, 0.5) is 0 Å². The van der Waals surface area contributed by atoms with Crippen LogP contribution in [-0.2, 0) is 4.74 Å². The van der Waals surface area contributed by atoms with Crippen molar-refractivity contribution in [2.45, 2.75) is 18.6 Å². The van der Waals surface area contributed by atoms with Gasteiger partial charge in [-0.3, -0.25) is 9.78 Å². The molecule has 2 atom stereocenters. The molecule has 0 aliphatic carbocycles. The Balaban J connectivity index is 1.76. The van der Waals surface area contributed by atoms with E-state index in [-0.39, 0.29) is 12.0 Å². The highest BCUT2D eigenvalue weighted by molar-refractivity contribution is 9.10. The second kappa shape index (κ2) is 3.82. The predicted molar refractivity (Wildman–Crippen MR) is 61.1 cm³/mol. The van der Waals surface area contributed by atoms with Crippen molar-refractivity contribution >= 4 is 21.8 Å². The van der Waals surface area contributed by atoms with Crippen LogP contribution in [0.1, 0.15) is 16.8 Å². The van der Waals surface area contributed by atoms with E-state index in [1.807, 2.05) is 4.90 Å². The van der Waals surface area contributed by atoms with Gasteiger partial charge in [-0.15, -0.1) is 0 Å². The van der Waals surface area contributed by atoms with E-state index in [1.165, 1.54) is 0 Å². The molecule has 1 amide bonds. The lowest BCUT2D eigenvalue weighted by Gasteiger charge is -2.24. The third-order valence-electron chi connectivity index (χ3n) is 3.01. The molecule has 1 aromatic rings. The maximum atomic E-state index is 12.1. The Kier molecular flexibility index (Phi) is 2.44. The van der Waals surface area contributed by atoms with Gasteiger partial charge in [0.1, 0.15) is 6.10 Å². The van der Waals surface area contributed by atoms with E-state index in [2.05, 4.69) is 20.9 Å². The summed E-state index contributed by atoms with van der Waals surface area (Å²) < 4.78 is 6.23. The number of likely N-dealkylation sites (tertiary alicyclic amines) is 1. The van der Waals surface area contributed by atoms with Crippen molar-refractivity contribution < 1.29 is 9.53 Å². The van der Waals surface area contributed by atoms with E-state index in [0.29, 0.717) is 11.7 Å². The predicted octanol–water partition coefficient (Wildman–Crippen LogP) is 1.46. The summed E-state index contributed by atoms with van der Waals surface area (Å²) in [5.41, 5.74) is 0.633. The van der Waals surface area contributed by atoms with Crippen LogP contribution in [0, 0.1) is 0 Å². The van der Waals surface area contributed by atoms with Crippen LogP contribution < -0.4 is 0 Å². The summed E-state index contributed by atoms with van der Waals surface area (Å²) in [6.45, 7) is 1.50. The molecular weight excluding hydrogens is 272 g/mol. The minimum absolute atomic E-state index is 0.0442. The molecule has 2 fully saturated rings. The van der Waals surface area contributed by atoms with Crippen LogP contribution in [0.2, 0.25) is 0 Å². The lowest BCUT2D eigenvalue weighted by atomic mass is 10.1. The van der Waals surface area contributed by atoms with Crippen LogP contribution in [0.5, 0.6) is 0 Å². The first-order valence-corrected chi connectivity index (χ1v) is 6.08. The molecule has 0 spiro atoms. The monoisotopic (exact) mass is 282 g/mol. The molecule has 0 saturated carbocycles. The number of hydrogen-bond acceptors (Lipinski definition) is 3. The van der Waals surface area contributed by atoms with E-state index in [0.717, 1.165) is 24.0 Å². The number of carbonyl (C=O) groups excluding carboxylic acids is 1. The number of carbonyl (C=O) groups is 1. The average Bonchev–Trinajstić information content (AvgIpc) is 3.06.